The molecule has 0 N–H and O–H groups in total. The van der Waals surface area contributed by atoms with Gasteiger partial charge < -0.3 is 4.74 Å². The van der Waals surface area contributed by atoms with Crippen molar-refractivity contribution in [2.24, 2.45) is 0 Å². The van der Waals surface area contributed by atoms with Crippen molar-refractivity contribution in [3.05, 3.63) is 47.1 Å². The second-order valence-electron chi connectivity index (χ2n) is 3.11. The number of benzene rings is 1. The summed E-state index contributed by atoms with van der Waals surface area (Å²) in [4.78, 5) is 0. The molecule has 15 heavy (non-hydrogen) atoms. The second-order valence-corrected chi connectivity index (χ2v) is 3.50. The van der Waals surface area contributed by atoms with E-state index in [-0.39, 0.29) is 0 Å². The Morgan fingerprint density at radius 1 is 1.13 bits per heavy atom. The summed E-state index contributed by atoms with van der Waals surface area (Å²) in [5, 5.41) is 7.84. The Labute approximate surface area is 92.7 Å². The van der Waals surface area contributed by atoms with E-state index in [2.05, 4.69) is 10.2 Å². The highest BCUT2D eigenvalue weighted by molar-refractivity contribution is 6.29. The number of hydrogen-bond donors (Lipinski definition) is 0. The van der Waals surface area contributed by atoms with Crippen LogP contribution in [0.1, 0.15) is 5.56 Å². The molecule has 0 atom stereocenters. The molecule has 2 aromatic rings. The summed E-state index contributed by atoms with van der Waals surface area (Å²) in [5.41, 5.74) is 1.13. The minimum absolute atomic E-state index is 0.353. The number of aryl methyl sites for hydroxylation is 1. The molecule has 2 rings (SSSR count). The molecule has 0 saturated carbocycles. The van der Waals surface area contributed by atoms with Gasteiger partial charge in [0.2, 0.25) is 5.88 Å². The Morgan fingerprint density at radius 3 is 2.67 bits per heavy atom. The maximum Gasteiger partial charge on any atom is 0.238 e. The van der Waals surface area contributed by atoms with Gasteiger partial charge >= 0.3 is 0 Å². The molecule has 1 aromatic heterocycles. The van der Waals surface area contributed by atoms with Gasteiger partial charge in [-0.05, 0) is 30.7 Å². The minimum atomic E-state index is 0.353. The molecule has 4 heteroatoms. The topological polar surface area (TPSA) is 35.0 Å². The zero-order chi connectivity index (χ0) is 10.7. The highest BCUT2D eigenvalue weighted by atomic mass is 35.5. The van der Waals surface area contributed by atoms with E-state index in [9.17, 15) is 0 Å². The van der Waals surface area contributed by atoms with Gasteiger partial charge in [0.05, 0.1) is 0 Å². The van der Waals surface area contributed by atoms with Crippen LogP contribution >= 0.6 is 11.6 Å². The summed E-state index contributed by atoms with van der Waals surface area (Å²) in [7, 11) is 0. The number of aromatic nitrogens is 2. The third-order valence-electron chi connectivity index (χ3n) is 1.82. The number of ether oxygens (including phenoxy) is 1. The fourth-order valence-electron chi connectivity index (χ4n) is 1.16. The lowest BCUT2D eigenvalue weighted by atomic mass is 10.2. The van der Waals surface area contributed by atoms with Crippen molar-refractivity contribution in [3.63, 3.8) is 0 Å². The maximum absolute atomic E-state index is 5.61. The van der Waals surface area contributed by atoms with Crippen LogP contribution in [0, 0.1) is 6.92 Å². The number of halogens is 1. The summed E-state index contributed by atoms with van der Waals surface area (Å²) < 4.78 is 5.48. The van der Waals surface area contributed by atoms with E-state index in [4.69, 9.17) is 16.3 Å². The van der Waals surface area contributed by atoms with Crippen molar-refractivity contribution in [2.75, 3.05) is 0 Å². The zero-order valence-corrected chi connectivity index (χ0v) is 8.90. The summed E-state index contributed by atoms with van der Waals surface area (Å²) in [6, 6.07) is 11.0. The van der Waals surface area contributed by atoms with Gasteiger partial charge in [0.15, 0.2) is 5.15 Å². The molecule has 0 bridgehead atoms. The van der Waals surface area contributed by atoms with Crippen molar-refractivity contribution < 1.29 is 4.74 Å². The predicted octanol–water partition coefficient (Wildman–Crippen LogP) is 3.23. The monoisotopic (exact) mass is 220 g/mol. The molecule has 3 nitrogen and oxygen atoms in total. The van der Waals surface area contributed by atoms with Crippen LogP contribution < -0.4 is 4.74 Å². The average molecular weight is 221 g/mol. The molecule has 0 radical (unpaired) electrons. The van der Waals surface area contributed by atoms with Gasteiger partial charge in [0, 0.05) is 6.07 Å². The number of hydrogen-bond acceptors (Lipinski definition) is 3. The Kier molecular flexibility index (Phi) is 2.83. The molecule has 0 aliphatic rings. The molecule has 0 aliphatic carbocycles. The first-order chi connectivity index (χ1) is 7.24. The Hall–Kier alpha value is -1.61. The molecule has 0 aliphatic heterocycles. The predicted molar refractivity (Wildman–Crippen MR) is 58.3 cm³/mol. The van der Waals surface area contributed by atoms with Crippen molar-refractivity contribution in [2.45, 2.75) is 6.92 Å². The molecule has 0 amide bonds. The summed E-state index contributed by atoms with van der Waals surface area (Å²) in [6.07, 6.45) is 0. The van der Waals surface area contributed by atoms with Crippen LogP contribution in [0.4, 0.5) is 0 Å². The van der Waals surface area contributed by atoms with E-state index in [0.717, 1.165) is 11.3 Å². The van der Waals surface area contributed by atoms with E-state index in [1.165, 1.54) is 0 Å². The first-order valence-corrected chi connectivity index (χ1v) is 4.85. The highest BCUT2D eigenvalue weighted by Crippen LogP contribution is 2.19. The van der Waals surface area contributed by atoms with Gasteiger partial charge in [-0.3, -0.25) is 0 Å². The third-order valence-corrected chi connectivity index (χ3v) is 2.02. The van der Waals surface area contributed by atoms with E-state index in [1.54, 1.807) is 12.1 Å². The van der Waals surface area contributed by atoms with Crippen LogP contribution in [0.15, 0.2) is 36.4 Å². The quantitative estimate of drug-likeness (QED) is 0.780. The van der Waals surface area contributed by atoms with Gasteiger partial charge in [-0.25, -0.2) is 0 Å². The molecule has 0 fully saturated rings. The van der Waals surface area contributed by atoms with Crippen LogP contribution in [0.5, 0.6) is 11.6 Å². The molecule has 0 unspecified atom stereocenters. The lowest BCUT2D eigenvalue weighted by Crippen LogP contribution is -1.90. The standard InChI is InChI=1S/C11H9ClN2O/c1-8-3-2-4-9(7-8)15-11-6-5-10(12)13-14-11/h2-7H,1H3. The van der Waals surface area contributed by atoms with E-state index >= 15 is 0 Å². The normalized spacial score (nSPS) is 10.0. The second kappa shape index (κ2) is 4.28. The van der Waals surface area contributed by atoms with E-state index in [0.29, 0.717) is 11.0 Å². The van der Waals surface area contributed by atoms with Crippen LogP contribution in [0.2, 0.25) is 5.15 Å². The van der Waals surface area contributed by atoms with Crippen LogP contribution in [0.3, 0.4) is 0 Å². The van der Waals surface area contributed by atoms with Gasteiger partial charge in [0.1, 0.15) is 5.75 Å². The fourth-order valence-corrected chi connectivity index (χ4v) is 1.26. The fraction of sp³-hybridized carbons (Fsp3) is 0.0909. The Morgan fingerprint density at radius 2 is 2.00 bits per heavy atom. The highest BCUT2D eigenvalue weighted by Gasteiger charge is 1.99. The van der Waals surface area contributed by atoms with Crippen LogP contribution in [-0.2, 0) is 0 Å². The minimum Gasteiger partial charge on any atom is -0.438 e. The van der Waals surface area contributed by atoms with Crippen molar-refractivity contribution in [1.82, 2.24) is 10.2 Å². The summed E-state index contributed by atoms with van der Waals surface area (Å²) in [6.45, 7) is 2.00. The molecular formula is C11H9ClN2O. The average Bonchev–Trinajstić information content (AvgIpc) is 2.22. The smallest absolute Gasteiger partial charge is 0.238 e. The SMILES string of the molecule is Cc1cccc(Oc2ccc(Cl)nn2)c1. The molecule has 0 saturated heterocycles. The van der Waals surface area contributed by atoms with Crippen molar-refractivity contribution >= 4 is 11.6 Å². The van der Waals surface area contributed by atoms with Gasteiger partial charge in [0.25, 0.3) is 0 Å². The molecular weight excluding hydrogens is 212 g/mol. The lowest BCUT2D eigenvalue weighted by molar-refractivity contribution is 0.455. The largest absolute Gasteiger partial charge is 0.438 e. The lowest BCUT2D eigenvalue weighted by Gasteiger charge is -2.03. The van der Waals surface area contributed by atoms with Crippen LogP contribution in [-0.4, -0.2) is 10.2 Å². The molecule has 0 spiro atoms. The van der Waals surface area contributed by atoms with E-state index < -0.39 is 0 Å². The Balaban J connectivity index is 2.18. The van der Waals surface area contributed by atoms with E-state index in [1.807, 2.05) is 31.2 Å². The molecule has 1 aromatic carbocycles. The molecule has 1 heterocycles. The van der Waals surface area contributed by atoms with Crippen molar-refractivity contribution in [3.8, 4) is 11.6 Å². The third kappa shape index (κ3) is 2.67. The maximum atomic E-state index is 5.61. The zero-order valence-electron chi connectivity index (χ0n) is 8.14. The van der Waals surface area contributed by atoms with Crippen molar-refractivity contribution in [1.29, 1.82) is 0 Å². The van der Waals surface area contributed by atoms with Gasteiger partial charge in [-0.2, -0.15) is 0 Å². The summed E-state index contributed by atoms with van der Waals surface area (Å²) >= 11 is 5.61. The summed E-state index contributed by atoms with van der Waals surface area (Å²) in [5.74, 6) is 1.18. The van der Waals surface area contributed by atoms with Crippen LogP contribution in [0.25, 0.3) is 0 Å². The first-order valence-electron chi connectivity index (χ1n) is 4.48. The Bertz CT molecular complexity index is 456. The number of rotatable bonds is 2. The van der Waals surface area contributed by atoms with Gasteiger partial charge in [-0.1, -0.05) is 23.7 Å². The number of nitrogens with zero attached hydrogens (tertiary/aromatic N) is 2. The molecule has 76 valence electrons. The van der Waals surface area contributed by atoms with Gasteiger partial charge in [-0.15, -0.1) is 10.2 Å². The first kappa shape index (κ1) is 9.93.